The van der Waals surface area contributed by atoms with Gasteiger partial charge in [-0.15, -0.1) is 11.3 Å². The van der Waals surface area contributed by atoms with Gasteiger partial charge in [0.25, 0.3) is 0 Å². The van der Waals surface area contributed by atoms with Crippen molar-refractivity contribution in [1.29, 1.82) is 0 Å². The van der Waals surface area contributed by atoms with Crippen LogP contribution in [0.25, 0.3) is 21.5 Å². The molecule has 0 saturated heterocycles. The summed E-state index contributed by atoms with van der Waals surface area (Å²) in [5.74, 6) is -1.03. The maximum absolute atomic E-state index is 10.9. The number of nitrogens with zero attached hydrogens (tertiary/aromatic N) is 2. The minimum atomic E-state index is -1.03. The van der Waals surface area contributed by atoms with Crippen molar-refractivity contribution in [3.63, 3.8) is 0 Å². The first-order valence-corrected chi connectivity index (χ1v) is 5.75. The highest BCUT2D eigenvalue weighted by molar-refractivity contribution is 7.13. The predicted molar refractivity (Wildman–Crippen MR) is 64.2 cm³/mol. The zero-order valence-electron chi connectivity index (χ0n) is 8.54. The van der Waals surface area contributed by atoms with E-state index in [4.69, 9.17) is 5.11 Å². The molecule has 2 heterocycles. The molecule has 0 spiro atoms. The third-order valence-electron chi connectivity index (χ3n) is 2.44. The van der Waals surface area contributed by atoms with E-state index in [9.17, 15) is 4.79 Å². The summed E-state index contributed by atoms with van der Waals surface area (Å²) in [5, 5.41) is 18.8. The fourth-order valence-electron chi connectivity index (χ4n) is 1.68. The summed E-state index contributed by atoms with van der Waals surface area (Å²) in [4.78, 5) is 15.1. The van der Waals surface area contributed by atoms with Crippen molar-refractivity contribution >= 4 is 28.2 Å². The summed E-state index contributed by atoms with van der Waals surface area (Å²) >= 11 is 1.54. The van der Waals surface area contributed by atoms with E-state index in [0.29, 0.717) is 10.9 Å². The van der Waals surface area contributed by atoms with Crippen molar-refractivity contribution in [2.45, 2.75) is 0 Å². The molecule has 0 saturated carbocycles. The van der Waals surface area contributed by atoms with Crippen molar-refractivity contribution in [3.8, 4) is 10.6 Å². The zero-order chi connectivity index (χ0) is 11.8. The number of hydrogen-bond acceptors (Lipinski definition) is 4. The number of aromatic carboxylic acids is 1. The Hall–Kier alpha value is -2.21. The Balaban J connectivity index is 2.18. The molecule has 2 N–H and O–H groups in total. The fraction of sp³-hybridized carbons (Fsp3) is 0. The normalized spacial score (nSPS) is 10.8. The van der Waals surface area contributed by atoms with Crippen molar-refractivity contribution in [2.75, 3.05) is 0 Å². The van der Waals surface area contributed by atoms with Crippen molar-refractivity contribution in [2.24, 2.45) is 0 Å². The van der Waals surface area contributed by atoms with Gasteiger partial charge in [0, 0.05) is 22.5 Å². The highest BCUT2D eigenvalue weighted by Crippen LogP contribution is 2.26. The standard InChI is InChI=1S/C11H7N3O2S/c15-11(16)9-7-2-1-6(5-8(7)13-14-9)10-12-3-4-17-10/h1-5H,(H,13,14)(H,15,16). The Morgan fingerprint density at radius 3 is 3.00 bits per heavy atom. The molecular formula is C11H7N3O2S. The lowest BCUT2D eigenvalue weighted by atomic mass is 10.1. The largest absolute Gasteiger partial charge is 0.476 e. The topological polar surface area (TPSA) is 78.9 Å². The van der Waals surface area contributed by atoms with E-state index in [1.54, 1.807) is 12.3 Å². The van der Waals surface area contributed by atoms with Gasteiger partial charge in [0.1, 0.15) is 5.01 Å². The van der Waals surface area contributed by atoms with Crippen LogP contribution in [0.3, 0.4) is 0 Å². The van der Waals surface area contributed by atoms with Gasteiger partial charge < -0.3 is 5.11 Å². The van der Waals surface area contributed by atoms with Crippen LogP contribution in [0, 0.1) is 0 Å². The maximum atomic E-state index is 10.9. The lowest BCUT2D eigenvalue weighted by molar-refractivity contribution is 0.0692. The van der Waals surface area contributed by atoms with Crippen LogP contribution in [0.1, 0.15) is 10.5 Å². The average Bonchev–Trinajstić information content (AvgIpc) is 2.97. The van der Waals surface area contributed by atoms with E-state index in [1.165, 1.54) is 11.3 Å². The summed E-state index contributed by atoms with van der Waals surface area (Å²) in [6.07, 6.45) is 1.74. The van der Waals surface area contributed by atoms with E-state index in [2.05, 4.69) is 15.2 Å². The van der Waals surface area contributed by atoms with Gasteiger partial charge in [-0.1, -0.05) is 6.07 Å². The molecular weight excluding hydrogens is 238 g/mol. The van der Waals surface area contributed by atoms with Gasteiger partial charge in [-0.25, -0.2) is 9.78 Å². The van der Waals surface area contributed by atoms with Crippen LogP contribution in [-0.2, 0) is 0 Å². The number of thiazole rings is 1. The van der Waals surface area contributed by atoms with Crippen molar-refractivity contribution in [3.05, 3.63) is 35.5 Å². The Labute approximate surface area is 99.7 Å². The molecule has 17 heavy (non-hydrogen) atoms. The Morgan fingerprint density at radius 1 is 1.41 bits per heavy atom. The quantitative estimate of drug-likeness (QED) is 0.726. The molecule has 0 bridgehead atoms. The predicted octanol–water partition coefficient (Wildman–Crippen LogP) is 2.38. The van der Waals surface area contributed by atoms with Crippen LogP contribution in [0.4, 0.5) is 0 Å². The van der Waals surface area contributed by atoms with Crippen LogP contribution in [0.15, 0.2) is 29.8 Å². The smallest absolute Gasteiger partial charge is 0.357 e. The number of hydrogen-bond donors (Lipinski definition) is 2. The monoisotopic (exact) mass is 245 g/mol. The van der Waals surface area contributed by atoms with E-state index < -0.39 is 5.97 Å². The van der Waals surface area contributed by atoms with Gasteiger partial charge in [0.05, 0.1) is 5.52 Å². The number of fused-ring (bicyclic) bond motifs is 1. The lowest BCUT2D eigenvalue weighted by Crippen LogP contribution is -1.96. The summed E-state index contributed by atoms with van der Waals surface area (Å²) < 4.78 is 0. The first kappa shape index (κ1) is 9.98. The molecule has 5 nitrogen and oxygen atoms in total. The molecule has 0 atom stereocenters. The van der Waals surface area contributed by atoms with Gasteiger partial charge in [-0.05, 0) is 12.1 Å². The van der Waals surface area contributed by atoms with Crippen molar-refractivity contribution < 1.29 is 9.90 Å². The maximum Gasteiger partial charge on any atom is 0.357 e. The molecule has 0 aliphatic rings. The lowest BCUT2D eigenvalue weighted by Gasteiger charge is -1.96. The number of benzene rings is 1. The van der Waals surface area contributed by atoms with Crippen LogP contribution in [-0.4, -0.2) is 26.3 Å². The minimum Gasteiger partial charge on any atom is -0.476 e. The Bertz CT molecular complexity index is 688. The highest BCUT2D eigenvalue weighted by Gasteiger charge is 2.13. The fourth-order valence-corrected chi connectivity index (χ4v) is 2.32. The summed E-state index contributed by atoms with van der Waals surface area (Å²) in [5.41, 5.74) is 1.70. The van der Waals surface area contributed by atoms with Gasteiger partial charge >= 0.3 is 5.97 Å². The van der Waals surface area contributed by atoms with Gasteiger partial charge in [-0.2, -0.15) is 5.10 Å². The summed E-state index contributed by atoms with van der Waals surface area (Å²) in [7, 11) is 0. The first-order valence-electron chi connectivity index (χ1n) is 4.87. The molecule has 0 aliphatic heterocycles. The second-order valence-electron chi connectivity index (χ2n) is 3.47. The van der Waals surface area contributed by atoms with Crippen molar-refractivity contribution in [1.82, 2.24) is 15.2 Å². The molecule has 0 aliphatic carbocycles. The number of rotatable bonds is 2. The molecule has 0 unspecified atom stereocenters. The molecule has 3 aromatic rings. The van der Waals surface area contributed by atoms with Crippen LogP contribution in [0.5, 0.6) is 0 Å². The molecule has 1 aromatic carbocycles. The van der Waals surface area contributed by atoms with E-state index in [1.807, 2.05) is 17.5 Å². The summed E-state index contributed by atoms with van der Waals surface area (Å²) in [6.45, 7) is 0. The second-order valence-corrected chi connectivity index (χ2v) is 4.37. The molecule has 6 heteroatoms. The number of carboxylic acids is 1. The van der Waals surface area contributed by atoms with Crippen LogP contribution < -0.4 is 0 Å². The van der Waals surface area contributed by atoms with Gasteiger partial charge in [0.15, 0.2) is 5.69 Å². The third-order valence-corrected chi connectivity index (χ3v) is 3.27. The molecule has 0 amide bonds. The number of aromatic amines is 1. The average molecular weight is 245 g/mol. The van der Waals surface area contributed by atoms with Gasteiger partial charge in [-0.3, -0.25) is 5.10 Å². The first-order chi connectivity index (χ1) is 8.25. The number of carboxylic acid groups (broad SMARTS) is 1. The third kappa shape index (κ3) is 1.58. The van der Waals surface area contributed by atoms with E-state index in [-0.39, 0.29) is 5.69 Å². The number of H-pyrrole nitrogens is 1. The summed E-state index contributed by atoms with van der Waals surface area (Å²) in [6, 6.07) is 5.45. The molecule has 2 aromatic heterocycles. The van der Waals surface area contributed by atoms with Gasteiger partial charge in [0.2, 0.25) is 0 Å². The Morgan fingerprint density at radius 2 is 2.29 bits per heavy atom. The molecule has 84 valence electrons. The van der Waals surface area contributed by atoms with Crippen LogP contribution >= 0.6 is 11.3 Å². The number of carbonyl (C=O) groups is 1. The Kier molecular flexibility index (Phi) is 2.15. The second kappa shape index (κ2) is 3.67. The van der Waals surface area contributed by atoms with E-state index in [0.717, 1.165) is 10.6 Å². The number of aromatic nitrogens is 3. The SMILES string of the molecule is O=C(O)c1n[nH]c2cc(-c3nccs3)ccc12. The molecule has 0 radical (unpaired) electrons. The minimum absolute atomic E-state index is 0.0469. The highest BCUT2D eigenvalue weighted by atomic mass is 32.1. The van der Waals surface area contributed by atoms with Crippen LogP contribution in [0.2, 0.25) is 0 Å². The zero-order valence-corrected chi connectivity index (χ0v) is 9.36. The van der Waals surface area contributed by atoms with E-state index >= 15 is 0 Å². The molecule has 3 rings (SSSR count). The molecule has 0 fully saturated rings. The number of nitrogens with one attached hydrogen (secondary N) is 1.